The van der Waals surface area contributed by atoms with Gasteiger partial charge in [0.1, 0.15) is 0 Å². The summed E-state index contributed by atoms with van der Waals surface area (Å²) < 4.78 is 5.33. The Morgan fingerprint density at radius 2 is 2.44 bits per heavy atom. The van der Waals surface area contributed by atoms with E-state index in [2.05, 4.69) is 10.3 Å². The van der Waals surface area contributed by atoms with Crippen LogP contribution in [0.3, 0.4) is 0 Å². The lowest BCUT2D eigenvalue weighted by molar-refractivity contribution is -0.112. The molecule has 1 aromatic heterocycles. The molecule has 0 saturated heterocycles. The number of aromatic nitrogens is 1. The molecule has 16 heavy (non-hydrogen) atoms. The lowest BCUT2D eigenvalue weighted by Crippen LogP contribution is -2.12. The highest BCUT2D eigenvalue weighted by atomic mass is 32.1. The molecule has 1 aromatic rings. The van der Waals surface area contributed by atoms with Crippen LogP contribution in [0.25, 0.3) is 0 Å². The molecule has 1 aliphatic rings. The van der Waals surface area contributed by atoms with Crippen molar-refractivity contribution in [2.45, 2.75) is 26.9 Å². The molecule has 4 nitrogen and oxygen atoms in total. The molecular weight excluding hydrogens is 224 g/mol. The zero-order valence-corrected chi connectivity index (χ0v) is 10.2. The zero-order chi connectivity index (χ0) is 11.5. The van der Waals surface area contributed by atoms with Gasteiger partial charge in [-0.3, -0.25) is 10.1 Å². The Morgan fingerprint density at radius 3 is 3.12 bits per heavy atom. The predicted octanol–water partition coefficient (Wildman–Crippen LogP) is 2.12. The maximum absolute atomic E-state index is 11.6. The third kappa shape index (κ3) is 2.31. The second kappa shape index (κ2) is 4.76. The molecule has 0 aliphatic carbocycles. The highest BCUT2D eigenvalue weighted by Gasteiger charge is 2.16. The quantitative estimate of drug-likeness (QED) is 0.803. The first-order valence-electron chi connectivity index (χ1n) is 5.21. The van der Waals surface area contributed by atoms with Gasteiger partial charge in [0.15, 0.2) is 5.13 Å². The van der Waals surface area contributed by atoms with E-state index in [9.17, 15) is 4.79 Å². The number of fused-ring (bicyclic) bond motifs is 1. The van der Waals surface area contributed by atoms with E-state index >= 15 is 0 Å². The van der Waals surface area contributed by atoms with Crippen molar-refractivity contribution in [2.24, 2.45) is 0 Å². The van der Waals surface area contributed by atoms with Crippen LogP contribution in [-0.2, 0) is 22.6 Å². The minimum absolute atomic E-state index is 0.0884. The Morgan fingerprint density at radius 1 is 1.62 bits per heavy atom. The van der Waals surface area contributed by atoms with Crippen molar-refractivity contribution in [1.29, 1.82) is 0 Å². The lowest BCUT2D eigenvalue weighted by atomic mass is 10.2. The predicted molar refractivity (Wildman–Crippen MR) is 63.5 cm³/mol. The third-order valence-corrected chi connectivity index (χ3v) is 3.49. The Bertz CT molecular complexity index is 414. The Balaban J connectivity index is 2.11. The molecule has 0 saturated carbocycles. The molecule has 0 aromatic carbocycles. The van der Waals surface area contributed by atoms with Crippen LogP contribution in [0.15, 0.2) is 11.6 Å². The van der Waals surface area contributed by atoms with Gasteiger partial charge in [0, 0.05) is 12.0 Å². The van der Waals surface area contributed by atoms with Crippen molar-refractivity contribution in [3.8, 4) is 0 Å². The van der Waals surface area contributed by atoms with Crippen molar-refractivity contribution in [1.82, 2.24) is 4.98 Å². The van der Waals surface area contributed by atoms with Gasteiger partial charge in [-0.1, -0.05) is 17.4 Å². The standard InChI is InChI=1S/C11H14N2O2S/c1-3-7(2)10(14)13-11-12-8-4-5-15-6-9(8)16-11/h3H,4-6H2,1-2H3,(H,12,13,14). The van der Waals surface area contributed by atoms with Gasteiger partial charge in [0.25, 0.3) is 5.91 Å². The Hall–Kier alpha value is -1.20. The fourth-order valence-electron chi connectivity index (χ4n) is 1.41. The van der Waals surface area contributed by atoms with Crippen molar-refractivity contribution < 1.29 is 9.53 Å². The summed E-state index contributed by atoms with van der Waals surface area (Å²) in [6, 6.07) is 0. The smallest absolute Gasteiger partial charge is 0.252 e. The zero-order valence-electron chi connectivity index (χ0n) is 9.37. The minimum Gasteiger partial charge on any atom is -0.375 e. The van der Waals surface area contributed by atoms with Crippen LogP contribution in [0.5, 0.6) is 0 Å². The molecule has 5 heteroatoms. The monoisotopic (exact) mass is 238 g/mol. The summed E-state index contributed by atoms with van der Waals surface area (Å²) in [7, 11) is 0. The molecule has 0 bridgehead atoms. The molecule has 0 atom stereocenters. The van der Waals surface area contributed by atoms with Gasteiger partial charge in [-0.05, 0) is 13.8 Å². The number of hydrogen-bond donors (Lipinski definition) is 1. The second-order valence-corrected chi connectivity index (χ2v) is 4.70. The maximum atomic E-state index is 11.6. The van der Waals surface area contributed by atoms with Crippen molar-refractivity contribution >= 4 is 22.4 Å². The van der Waals surface area contributed by atoms with Gasteiger partial charge >= 0.3 is 0 Å². The molecular formula is C11H14N2O2S. The molecule has 0 radical (unpaired) electrons. The number of amides is 1. The number of ether oxygens (including phenoxy) is 1. The molecule has 1 aliphatic heterocycles. The van der Waals surface area contributed by atoms with Crippen LogP contribution < -0.4 is 5.32 Å². The highest BCUT2D eigenvalue weighted by molar-refractivity contribution is 7.15. The first kappa shape index (κ1) is 11.3. The molecule has 2 rings (SSSR count). The minimum atomic E-state index is -0.0884. The molecule has 0 fully saturated rings. The van der Waals surface area contributed by atoms with Gasteiger partial charge in [-0.2, -0.15) is 0 Å². The molecule has 86 valence electrons. The summed E-state index contributed by atoms with van der Waals surface area (Å²) in [4.78, 5) is 17.1. The summed E-state index contributed by atoms with van der Waals surface area (Å²) >= 11 is 1.50. The van der Waals surface area contributed by atoms with Crippen molar-refractivity contribution in [3.05, 3.63) is 22.2 Å². The average molecular weight is 238 g/mol. The van der Waals surface area contributed by atoms with Crippen LogP contribution >= 0.6 is 11.3 Å². The maximum Gasteiger partial charge on any atom is 0.252 e. The molecule has 2 heterocycles. The number of carbonyl (C=O) groups excluding carboxylic acids is 1. The number of carbonyl (C=O) groups is 1. The first-order valence-corrected chi connectivity index (χ1v) is 6.03. The normalized spacial score (nSPS) is 15.8. The van der Waals surface area contributed by atoms with E-state index in [1.807, 2.05) is 6.92 Å². The topological polar surface area (TPSA) is 51.2 Å². The molecule has 1 N–H and O–H groups in total. The third-order valence-electron chi connectivity index (χ3n) is 2.51. The summed E-state index contributed by atoms with van der Waals surface area (Å²) in [6.07, 6.45) is 2.62. The van der Waals surface area contributed by atoms with Crippen LogP contribution in [0.2, 0.25) is 0 Å². The van der Waals surface area contributed by atoms with E-state index in [0.717, 1.165) is 23.6 Å². The number of rotatable bonds is 2. The SMILES string of the molecule is CC=C(C)C(=O)Nc1nc2c(s1)COCC2. The fourth-order valence-corrected chi connectivity index (χ4v) is 2.35. The lowest BCUT2D eigenvalue weighted by Gasteiger charge is -2.08. The Labute approximate surface area is 98.3 Å². The van der Waals surface area contributed by atoms with E-state index in [-0.39, 0.29) is 5.91 Å². The number of anilines is 1. The summed E-state index contributed by atoms with van der Waals surface area (Å²) in [6.45, 7) is 4.96. The van der Waals surface area contributed by atoms with Gasteiger partial charge in [0.2, 0.25) is 0 Å². The van der Waals surface area contributed by atoms with E-state index in [4.69, 9.17) is 4.74 Å². The number of hydrogen-bond acceptors (Lipinski definition) is 4. The average Bonchev–Trinajstić information content (AvgIpc) is 2.69. The largest absolute Gasteiger partial charge is 0.375 e. The van der Waals surface area contributed by atoms with Crippen LogP contribution in [0.1, 0.15) is 24.4 Å². The fraction of sp³-hybridized carbons (Fsp3) is 0.455. The number of nitrogens with zero attached hydrogens (tertiary/aromatic N) is 1. The van der Waals surface area contributed by atoms with E-state index in [0.29, 0.717) is 17.3 Å². The van der Waals surface area contributed by atoms with E-state index < -0.39 is 0 Å². The highest BCUT2D eigenvalue weighted by Crippen LogP contribution is 2.27. The van der Waals surface area contributed by atoms with Gasteiger partial charge < -0.3 is 4.74 Å². The number of allylic oxidation sites excluding steroid dienone is 1. The Kier molecular flexibility index (Phi) is 3.36. The van der Waals surface area contributed by atoms with Gasteiger partial charge in [-0.15, -0.1) is 0 Å². The van der Waals surface area contributed by atoms with E-state index in [1.54, 1.807) is 13.0 Å². The van der Waals surface area contributed by atoms with Crippen LogP contribution in [-0.4, -0.2) is 17.5 Å². The second-order valence-electron chi connectivity index (χ2n) is 3.62. The summed E-state index contributed by atoms with van der Waals surface area (Å²) in [5, 5.41) is 3.46. The first-order chi connectivity index (χ1) is 7.70. The van der Waals surface area contributed by atoms with E-state index in [1.165, 1.54) is 11.3 Å². The van der Waals surface area contributed by atoms with Gasteiger partial charge in [-0.25, -0.2) is 4.98 Å². The van der Waals surface area contributed by atoms with Gasteiger partial charge in [0.05, 0.1) is 23.8 Å². The number of thiazole rings is 1. The molecule has 0 spiro atoms. The summed E-state index contributed by atoms with van der Waals surface area (Å²) in [5.74, 6) is -0.0884. The number of nitrogens with one attached hydrogen (secondary N) is 1. The molecule has 0 unspecified atom stereocenters. The molecule has 1 amide bonds. The summed E-state index contributed by atoms with van der Waals surface area (Å²) in [5.41, 5.74) is 1.76. The van der Waals surface area contributed by atoms with Crippen LogP contribution in [0, 0.1) is 0 Å². The van der Waals surface area contributed by atoms with Crippen LogP contribution in [0.4, 0.5) is 5.13 Å². The van der Waals surface area contributed by atoms with Crippen molar-refractivity contribution in [3.63, 3.8) is 0 Å². The van der Waals surface area contributed by atoms with Crippen molar-refractivity contribution in [2.75, 3.05) is 11.9 Å².